The number of carbonyl (C=O) groups is 1. The first-order valence-electron chi connectivity index (χ1n) is 13.7. The Morgan fingerprint density at radius 2 is 1.78 bits per heavy atom. The second-order valence-corrected chi connectivity index (χ2v) is 10.1. The first-order valence-corrected chi connectivity index (χ1v) is 13.7. The van der Waals surface area contributed by atoms with Gasteiger partial charge in [-0.1, -0.05) is 61.2 Å². The first-order chi connectivity index (χ1) is 17.7. The molecule has 2 saturated heterocycles. The number of nitrogens with zero attached hydrogens (tertiary/aromatic N) is 2. The molecule has 1 amide bonds. The summed E-state index contributed by atoms with van der Waals surface area (Å²) in [7, 11) is 0. The normalized spacial score (nSPS) is 18.5. The van der Waals surface area contributed by atoms with Gasteiger partial charge in [0.1, 0.15) is 12.4 Å². The Balaban J connectivity index is 1.44. The molecular formula is C31H42N2O3. The van der Waals surface area contributed by atoms with Gasteiger partial charge in [-0.2, -0.15) is 0 Å². The third-order valence-corrected chi connectivity index (χ3v) is 7.78. The average Bonchev–Trinajstić information content (AvgIpc) is 2.94. The molecule has 2 aliphatic rings. The summed E-state index contributed by atoms with van der Waals surface area (Å²) in [6.45, 7) is 11.6. The van der Waals surface area contributed by atoms with E-state index in [2.05, 4.69) is 65.8 Å². The van der Waals surface area contributed by atoms with Gasteiger partial charge in [0.15, 0.2) is 0 Å². The maximum absolute atomic E-state index is 13.7. The highest BCUT2D eigenvalue weighted by molar-refractivity contribution is 5.79. The van der Waals surface area contributed by atoms with Crippen molar-refractivity contribution in [2.45, 2.75) is 51.6 Å². The van der Waals surface area contributed by atoms with Crippen molar-refractivity contribution in [1.82, 2.24) is 9.80 Å². The van der Waals surface area contributed by atoms with E-state index in [9.17, 15) is 4.79 Å². The molecule has 2 aromatic rings. The number of ether oxygens (including phenoxy) is 2. The van der Waals surface area contributed by atoms with Gasteiger partial charge in [0, 0.05) is 43.8 Å². The van der Waals surface area contributed by atoms with Crippen LogP contribution >= 0.6 is 0 Å². The number of rotatable bonds is 11. The van der Waals surface area contributed by atoms with E-state index < -0.39 is 0 Å². The van der Waals surface area contributed by atoms with Crippen molar-refractivity contribution >= 4 is 5.91 Å². The Bertz CT molecular complexity index is 949. The molecule has 194 valence electrons. The molecule has 0 saturated carbocycles. The molecule has 0 unspecified atom stereocenters. The van der Waals surface area contributed by atoms with Crippen LogP contribution in [-0.2, 0) is 22.5 Å². The largest absolute Gasteiger partial charge is 0.489 e. The van der Waals surface area contributed by atoms with Crippen LogP contribution in [0.4, 0.5) is 0 Å². The predicted molar refractivity (Wildman–Crippen MR) is 145 cm³/mol. The minimum absolute atomic E-state index is 0.101. The fraction of sp³-hybridized carbons (Fsp3) is 0.516. The minimum Gasteiger partial charge on any atom is -0.489 e. The van der Waals surface area contributed by atoms with Gasteiger partial charge in [0.2, 0.25) is 5.91 Å². The van der Waals surface area contributed by atoms with E-state index in [0.717, 1.165) is 64.0 Å². The number of likely N-dealkylation sites (tertiary alicyclic amines) is 1. The zero-order valence-electron chi connectivity index (χ0n) is 21.8. The van der Waals surface area contributed by atoms with Gasteiger partial charge in [0.25, 0.3) is 0 Å². The van der Waals surface area contributed by atoms with Gasteiger partial charge in [-0.15, -0.1) is 0 Å². The second kappa shape index (κ2) is 13.6. The summed E-state index contributed by atoms with van der Waals surface area (Å²) in [5, 5.41) is 0. The lowest BCUT2D eigenvalue weighted by atomic mass is 9.83. The molecule has 2 aliphatic heterocycles. The first kappa shape index (κ1) is 26.4. The van der Waals surface area contributed by atoms with Gasteiger partial charge >= 0.3 is 0 Å². The SMILES string of the molecule is C=CCOc1ccccc1CN1CCC([C@@H](Cc2ccccc2)N(CC)C(=O)C2CCOCC2)CC1. The second-order valence-electron chi connectivity index (χ2n) is 10.1. The monoisotopic (exact) mass is 490 g/mol. The molecule has 0 radical (unpaired) electrons. The van der Waals surface area contributed by atoms with Crippen molar-refractivity contribution in [2.75, 3.05) is 39.5 Å². The summed E-state index contributed by atoms with van der Waals surface area (Å²) in [5.74, 6) is 1.87. The third-order valence-electron chi connectivity index (χ3n) is 7.78. The van der Waals surface area contributed by atoms with Crippen LogP contribution < -0.4 is 4.74 Å². The van der Waals surface area contributed by atoms with Crippen molar-refractivity contribution in [3.63, 3.8) is 0 Å². The van der Waals surface area contributed by atoms with Crippen LogP contribution in [0.1, 0.15) is 43.7 Å². The molecule has 5 nitrogen and oxygen atoms in total. The molecule has 0 aliphatic carbocycles. The fourth-order valence-corrected chi connectivity index (χ4v) is 5.78. The minimum atomic E-state index is 0.101. The molecule has 2 aromatic carbocycles. The Kier molecular flexibility index (Phi) is 10.00. The standard InChI is InChI=1S/C31H42N2O3/c1-3-20-36-30-13-9-8-12-28(30)24-32-18-14-26(15-19-32)29(23-25-10-6-5-7-11-25)33(4-2)31(34)27-16-21-35-22-17-27/h3,5-13,26-27,29H,1,4,14-24H2,2H3/t29-/m1/s1. The summed E-state index contributed by atoms with van der Waals surface area (Å²) in [6, 6.07) is 19.2. The van der Waals surface area contributed by atoms with Crippen molar-refractivity contribution in [3.05, 3.63) is 78.4 Å². The molecule has 5 heteroatoms. The van der Waals surface area contributed by atoms with E-state index in [1.807, 2.05) is 12.1 Å². The molecule has 0 bridgehead atoms. The van der Waals surface area contributed by atoms with Crippen LogP contribution in [0.5, 0.6) is 5.75 Å². The van der Waals surface area contributed by atoms with Crippen molar-refractivity contribution in [1.29, 1.82) is 0 Å². The summed E-state index contributed by atoms with van der Waals surface area (Å²) >= 11 is 0. The summed E-state index contributed by atoms with van der Waals surface area (Å²) in [5.41, 5.74) is 2.54. The Hall–Kier alpha value is -2.63. The van der Waals surface area contributed by atoms with Gasteiger partial charge in [-0.05, 0) is 69.7 Å². The Labute approximate surface area is 217 Å². The molecule has 0 N–H and O–H groups in total. The molecule has 0 spiro atoms. The van der Waals surface area contributed by atoms with Crippen LogP contribution in [0, 0.1) is 11.8 Å². The molecule has 2 fully saturated rings. The molecule has 4 rings (SSSR count). The maximum Gasteiger partial charge on any atom is 0.226 e. The number of hydrogen-bond donors (Lipinski definition) is 0. The highest BCUT2D eigenvalue weighted by Crippen LogP contribution is 2.31. The van der Waals surface area contributed by atoms with E-state index in [1.165, 1.54) is 11.1 Å². The zero-order valence-corrected chi connectivity index (χ0v) is 21.8. The Morgan fingerprint density at radius 3 is 2.47 bits per heavy atom. The molecule has 36 heavy (non-hydrogen) atoms. The smallest absolute Gasteiger partial charge is 0.226 e. The zero-order chi connectivity index (χ0) is 25.2. The quantitative estimate of drug-likeness (QED) is 0.398. The molecule has 2 heterocycles. The summed E-state index contributed by atoms with van der Waals surface area (Å²) < 4.78 is 11.4. The predicted octanol–water partition coefficient (Wildman–Crippen LogP) is 5.35. The lowest BCUT2D eigenvalue weighted by Crippen LogP contribution is -2.51. The van der Waals surface area contributed by atoms with E-state index in [0.29, 0.717) is 31.6 Å². The van der Waals surface area contributed by atoms with Crippen LogP contribution in [0.2, 0.25) is 0 Å². The number of para-hydroxylation sites is 1. The Morgan fingerprint density at radius 1 is 1.08 bits per heavy atom. The highest BCUT2D eigenvalue weighted by Gasteiger charge is 2.35. The van der Waals surface area contributed by atoms with E-state index in [-0.39, 0.29) is 12.0 Å². The van der Waals surface area contributed by atoms with Crippen molar-refractivity contribution < 1.29 is 14.3 Å². The summed E-state index contributed by atoms with van der Waals surface area (Å²) in [4.78, 5) is 18.4. The van der Waals surface area contributed by atoms with Crippen molar-refractivity contribution in [3.8, 4) is 5.75 Å². The number of carbonyl (C=O) groups excluding carboxylic acids is 1. The average molecular weight is 491 g/mol. The van der Waals surface area contributed by atoms with Gasteiger partial charge < -0.3 is 14.4 Å². The number of piperidine rings is 1. The van der Waals surface area contributed by atoms with Crippen molar-refractivity contribution in [2.24, 2.45) is 11.8 Å². The summed E-state index contributed by atoms with van der Waals surface area (Å²) in [6.07, 6.45) is 6.61. The number of likely N-dealkylation sites (N-methyl/N-ethyl adjacent to an activating group) is 1. The third kappa shape index (κ3) is 6.98. The van der Waals surface area contributed by atoms with Gasteiger partial charge in [-0.3, -0.25) is 9.69 Å². The van der Waals surface area contributed by atoms with Gasteiger partial charge in [0.05, 0.1) is 0 Å². The fourth-order valence-electron chi connectivity index (χ4n) is 5.78. The maximum atomic E-state index is 13.7. The number of hydrogen-bond acceptors (Lipinski definition) is 4. The molecule has 0 aromatic heterocycles. The lowest BCUT2D eigenvalue weighted by Gasteiger charge is -2.42. The molecular weight excluding hydrogens is 448 g/mol. The highest BCUT2D eigenvalue weighted by atomic mass is 16.5. The van der Waals surface area contributed by atoms with Gasteiger partial charge in [-0.25, -0.2) is 0 Å². The number of amides is 1. The van der Waals surface area contributed by atoms with Crippen LogP contribution in [-0.4, -0.2) is 61.2 Å². The van der Waals surface area contributed by atoms with Crippen LogP contribution in [0.3, 0.4) is 0 Å². The van der Waals surface area contributed by atoms with E-state index in [1.54, 1.807) is 6.08 Å². The molecule has 1 atom stereocenters. The topological polar surface area (TPSA) is 42.0 Å². The number of benzene rings is 2. The van der Waals surface area contributed by atoms with E-state index in [4.69, 9.17) is 9.47 Å². The van der Waals surface area contributed by atoms with E-state index >= 15 is 0 Å². The lowest BCUT2D eigenvalue weighted by molar-refractivity contribution is -0.142. The van der Waals surface area contributed by atoms with Crippen LogP contribution in [0.15, 0.2) is 67.3 Å². The van der Waals surface area contributed by atoms with Crippen LogP contribution in [0.25, 0.3) is 0 Å².